The van der Waals surface area contributed by atoms with Gasteiger partial charge in [0.25, 0.3) is 0 Å². The molecule has 6 nitrogen and oxygen atoms in total. The van der Waals surface area contributed by atoms with E-state index in [0.29, 0.717) is 13.2 Å². The van der Waals surface area contributed by atoms with Gasteiger partial charge in [0.05, 0.1) is 24.5 Å². The van der Waals surface area contributed by atoms with Crippen molar-refractivity contribution < 1.29 is 14.2 Å². The summed E-state index contributed by atoms with van der Waals surface area (Å²) in [6.07, 6.45) is 2.46. The Bertz CT molecular complexity index is 693. The summed E-state index contributed by atoms with van der Waals surface area (Å²) in [6, 6.07) is 8.19. The van der Waals surface area contributed by atoms with Gasteiger partial charge in [-0.3, -0.25) is 0 Å². The van der Waals surface area contributed by atoms with Gasteiger partial charge in [0.1, 0.15) is 12.4 Å². The van der Waals surface area contributed by atoms with Crippen molar-refractivity contribution in [3.63, 3.8) is 0 Å². The maximum atomic E-state index is 5.87. The molecule has 0 bridgehead atoms. The van der Waals surface area contributed by atoms with Gasteiger partial charge < -0.3 is 19.5 Å². The van der Waals surface area contributed by atoms with Crippen molar-refractivity contribution >= 4 is 0 Å². The quantitative estimate of drug-likeness (QED) is 0.797. The van der Waals surface area contributed by atoms with Gasteiger partial charge in [-0.2, -0.15) is 5.10 Å². The normalized spacial score (nSPS) is 17.0. The average Bonchev–Trinajstić information content (AvgIpc) is 3.21. The molecule has 6 heteroatoms. The molecule has 2 heterocycles. The molecular formula is C19H27N3O3. The first-order chi connectivity index (χ1) is 12.2. The minimum atomic E-state index is 0.239. The number of aryl methyl sites for hydroxylation is 2. The van der Waals surface area contributed by atoms with Crippen molar-refractivity contribution in [2.75, 3.05) is 20.3 Å². The van der Waals surface area contributed by atoms with Crippen LogP contribution in [-0.4, -0.2) is 36.2 Å². The van der Waals surface area contributed by atoms with Crippen LogP contribution < -0.4 is 14.8 Å². The zero-order valence-corrected chi connectivity index (χ0v) is 15.2. The van der Waals surface area contributed by atoms with Gasteiger partial charge in [0.15, 0.2) is 0 Å². The molecular weight excluding hydrogens is 318 g/mol. The van der Waals surface area contributed by atoms with Crippen LogP contribution in [-0.2, 0) is 24.9 Å². The van der Waals surface area contributed by atoms with E-state index in [1.807, 2.05) is 26.1 Å². The Morgan fingerprint density at radius 3 is 3.00 bits per heavy atom. The highest BCUT2D eigenvalue weighted by atomic mass is 16.5. The number of rotatable bonds is 8. The van der Waals surface area contributed by atoms with Crippen LogP contribution >= 0.6 is 0 Å². The van der Waals surface area contributed by atoms with Crippen molar-refractivity contribution in [3.8, 4) is 11.6 Å². The van der Waals surface area contributed by atoms with Crippen LogP contribution in [0.1, 0.15) is 29.7 Å². The lowest BCUT2D eigenvalue weighted by Gasteiger charge is -2.12. The largest absolute Gasteiger partial charge is 0.491 e. The van der Waals surface area contributed by atoms with Crippen molar-refractivity contribution in [2.24, 2.45) is 7.05 Å². The fourth-order valence-corrected chi connectivity index (χ4v) is 3.18. The summed E-state index contributed by atoms with van der Waals surface area (Å²) < 4.78 is 18.7. The highest BCUT2D eigenvalue weighted by Gasteiger charge is 2.16. The summed E-state index contributed by atoms with van der Waals surface area (Å²) in [5, 5.41) is 7.86. The molecule has 1 aromatic carbocycles. The van der Waals surface area contributed by atoms with E-state index < -0.39 is 0 Å². The van der Waals surface area contributed by atoms with E-state index in [1.165, 1.54) is 5.56 Å². The second-order valence-electron chi connectivity index (χ2n) is 6.39. The highest BCUT2D eigenvalue weighted by molar-refractivity contribution is 5.31. The topological polar surface area (TPSA) is 57.5 Å². The molecule has 0 radical (unpaired) electrons. The highest BCUT2D eigenvalue weighted by Crippen LogP contribution is 2.21. The molecule has 3 rings (SSSR count). The van der Waals surface area contributed by atoms with Crippen LogP contribution in [0.5, 0.6) is 11.6 Å². The maximum absolute atomic E-state index is 5.87. The summed E-state index contributed by atoms with van der Waals surface area (Å²) in [7, 11) is 3.57. The molecule has 1 aliphatic rings. The maximum Gasteiger partial charge on any atom is 0.216 e. The van der Waals surface area contributed by atoms with Gasteiger partial charge in [0.2, 0.25) is 5.88 Å². The number of aromatic nitrogens is 2. The molecule has 1 aromatic heterocycles. The Kier molecular flexibility index (Phi) is 5.94. The van der Waals surface area contributed by atoms with E-state index in [-0.39, 0.29) is 6.10 Å². The number of benzene rings is 1. The molecule has 25 heavy (non-hydrogen) atoms. The third kappa shape index (κ3) is 4.52. The number of ether oxygens (including phenoxy) is 3. The second kappa shape index (κ2) is 8.36. The van der Waals surface area contributed by atoms with Gasteiger partial charge >= 0.3 is 0 Å². The van der Waals surface area contributed by atoms with Gasteiger partial charge in [0, 0.05) is 26.7 Å². The minimum Gasteiger partial charge on any atom is -0.491 e. The predicted octanol–water partition coefficient (Wildman–Crippen LogP) is 2.58. The molecule has 0 aliphatic carbocycles. The third-order valence-corrected chi connectivity index (χ3v) is 4.47. The molecule has 0 unspecified atom stereocenters. The van der Waals surface area contributed by atoms with E-state index in [0.717, 1.165) is 48.9 Å². The Balaban J connectivity index is 1.52. The van der Waals surface area contributed by atoms with E-state index in [2.05, 4.69) is 22.5 Å². The predicted molar refractivity (Wildman–Crippen MR) is 96.0 cm³/mol. The fraction of sp³-hybridized carbons (Fsp3) is 0.526. The lowest BCUT2D eigenvalue weighted by molar-refractivity contribution is 0.0679. The molecule has 1 fully saturated rings. The smallest absolute Gasteiger partial charge is 0.216 e. The molecule has 1 aliphatic heterocycles. The minimum absolute atomic E-state index is 0.239. The summed E-state index contributed by atoms with van der Waals surface area (Å²) in [5.74, 6) is 1.70. The van der Waals surface area contributed by atoms with Crippen LogP contribution in [0.2, 0.25) is 0 Å². The standard InChI is InChI=1S/C19H27N3O3/c1-14-18(19(23-3)22(2)21-14)12-20-11-15-6-4-7-16(10-15)25-13-17-8-5-9-24-17/h4,6-7,10,17,20H,5,8-9,11-13H2,1-3H3/t17-/m1/s1. The van der Waals surface area contributed by atoms with Crippen LogP contribution in [0.4, 0.5) is 0 Å². The summed E-state index contributed by atoms with van der Waals surface area (Å²) >= 11 is 0. The lowest BCUT2D eigenvalue weighted by atomic mass is 10.2. The number of nitrogens with zero attached hydrogens (tertiary/aromatic N) is 2. The first-order valence-electron chi connectivity index (χ1n) is 8.78. The van der Waals surface area contributed by atoms with Crippen molar-refractivity contribution in [1.82, 2.24) is 15.1 Å². The van der Waals surface area contributed by atoms with Crippen LogP contribution in [0.25, 0.3) is 0 Å². The van der Waals surface area contributed by atoms with Gasteiger partial charge in [-0.25, -0.2) is 4.68 Å². The SMILES string of the molecule is COc1c(CNCc2cccc(OC[C@H]3CCCO3)c2)c(C)nn1C. The number of methoxy groups -OCH3 is 1. The molecule has 0 amide bonds. The first kappa shape index (κ1) is 17.8. The molecule has 1 saturated heterocycles. The van der Waals surface area contributed by atoms with Gasteiger partial charge in [-0.1, -0.05) is 12.1 Å². The second-order valence-corrected chi connectivity index (χ2v) is 6.39. The molecule has 136 valence electrons. The Labute approximate surface area is 149 Å². The number of nitrogens with one attached hydrogen (secondary N) is 1. The van der Waals surface area contributed by atoms with Crippen LogP contribution in [0, 0.1) is 6.92 Å². The summed E-state index contributed by atoms with van der Waals surface area (Å²) in [4.78, 5) is 0. The van der Waals surface area contributed by atoms with Crippen LogP contribution in [0.3, 0.4) is 0 Å². The number of hydrogen-bond donors (Lipinski definition) is 1. The Morgan fingerprint density at radius 2 is 2.24 bits per heavy atom. The van der Waals surface area contributed by atoms with Crippen molar-refractivity contribution in [2.45, 2.75) is 39.0 Å². The number of hydrogen-bond acceptors (Lipinski definition) is 5. The Morgan fingerprint density at radius 1 is 1.36 bits per heavy atom. The zero-order chi connectivity index (χ0) is 17.6. The van der Waals surface area contributed by atoms with Crippen molar-refractivity contribution in [3.05, 3.63) is 41.1 Å². The molecule has 0 spiro atoms. The van der Waals surface area contributed by atoms with Crippen LogP contribution in [0.15, 0.2) is 24.3 Å². The lowest BCUT2D eigenvalue weighted by Crippen LogP contribution is -2.16. The molecule has 1 atom stereocenters. The van der Waals surface area contributed by atoms with E-state index in [4.69, 9.17) is 14.2 Å². The summed E-state index contributed by atoms with van der Waals surface area (Å²) in [5.41, 5.74) is 3.27. The van der Waals surface area contributed by atoms with E-state index in [9.17, 15) is 0 Å². The first-order valence-corrected chi connectivity index (χ1v) is 8.78. The fourth-order valence-electron chi connectivity index (χ4n) is 3.18. The van der Waals surface area contributed by atoms with Crippen molar-refractivity contribution in [1.29, 1.82) is 0 Å². The molecule has 0 saturated carbocycles. The third-order valence-electron chi connectivity index (χ3n) is 4.47. The summed E-state index contributed by atoms with van der Waals surface area (Å²) in [6.45, 7) is 4.95. The van der Waals surface area contributed by atoms with Gasteiger partial charge in [-0.15, -0.1) is 0 Å². The van der Waals surface area contributed by atoms with Gasteiger partial charge in [-0.05, 0) is 37.5 Å². The van der Waals surface area contributed by atoms with E-state index >= 15 is 0 Å². The average molecular weight is 345 g/mol. The monoisotopic (exact) mass is 345 g/mol. The Hall–Kier alpha value is -2.05. The zero-order valence-electron chi connectivity index (χ0n) is 15.2. The van der Waals surface area contributed by atoms with E-state index in [1.54, 1.807) is 11.8 Å². The molecule has 1 N–H and O–H groups in total. The molecule has 2 aromatic rings.